The van der Waals surface area contributed by atoms with Crippen molar-refractivity contribution in [2.45, 2.75) is 38.6 Å². The van der Waals surface area contributed by atoms with Crippen LogP contribution in [0.2, 0.25) is 0 Å². The molecule has 0 aliphatic heterocycles. The summed E-state index contributed by atoms with van der Waals surface area (Å²) in [6.45, 7) is 2.19. The lowest BCUT2D eigenvalue weighted by Crippen LogP contribution is -2.41. The summed E-state index contributed by atoms with van der Waals surface area (Å²) in [4.78, 5) is 19.9. The molecule has 1 aliphatic carbocycles. The van der Waals surface area contributed by atoms with Crippen molar-refractivity contribution in [3.8, 4) is 5.88 Å². The average molecular weight is 249 g/mol. The van der Waals surface area contributed by atoms with E-state index in [1.807, 2.05) is 0 Å². The molecular formula is C13H19N3O2. The van der Waals surface area contributed by atoms with Crippen molar-refractivity contribution in [3.63, 3.8) is 0 Å². The fourth-order valence-electron chi connectivity index (χ4n) is 2.35. The lowest BCUT2D eigenvalue weighted by Gasteiger charge is -2.29. The maximum absolute atomic E-state index is 12.1. The van der Waals surface area contributed by atoms with E-state index in [1.165, 1.54) is 32.7 Å². The minimum absolute atomic E-state index is 0.144. The number of carbonyl (C=O) groups excluding carboxylic acids is 1. The number of amides is 1. The molecule has 1 N–H and O–H groups in total. The number of carbonyl (C=O) groups is 1. The topological polar surface area (TPSA) is 64.1 Å². The van der Waals surface area contributed by atoms with Gasteiger partial charge in [-0.25, -0.2) is 9.97 Å². The lowest BCUT2D eigenvalue weighted by atomic mass is 9.86. The second-order valence-corrected chi connectivity index (χ2v) is 4.79. The van der Waals surface area contributed by atoms with Gasteiger partial charge in [-0.15, -0.1) is 0 Å². The van der Waals surface area contributed by atoms with Crippen LogP contribution in [-0.2, 0) is 0 Å². The van der Waals surface area contributed by atoms with Crippen LogP contribution < -0.4 is 10.1 Å². The van der Waals surface area contributed by atoms with E-state index in [1.54, 1.807) is 6.07 Å². The van der Waals surface area contributed by atoms with Gasteiger partial charge in [-0.2, -0.15) is 0 Å². The minimum atomic E-state index is -0.144. The zero-order valence-electron chi connectivity index (χ0n) is 10.8. The quantitative estimate of drug-likeness (QED) is 0.887. The zero-order valence-corrected chi connectivity index (χ0v) is 10.8. The maximum Gasteiger partial charge on any atom is 0.270 e. The van der Waals surface area contributed by atoms with Crippen LogP contribution in [-0.4, -0.2) is 29.0 Å². The third kappa shape index (κ3) is 2.97. The molecule has 0 spiro atoms. The van der Waals surface area contributed by atoms with Crippen LogP contribution >= 0.6 is 0 Å². The molecule has 2 rings (SSSR count). The third-order valence-electron chi connectivity index (χ3n) is 3.51. The zero-order chi connectivity index (χ0) is 13.0. The normalized spacial score (nSPS) is 23.4. The maximum atomic E-state index is 12.1. The molecule has 0 radical (unpaired) electrons. The molecule has 0 aromatic carbocycles. The number of hydrogen-bond acceptors (Lipinski definition) is 4. The summed E-state index contributed by atoms with van der Waals surface area (Å²) in [6.07, 6.45) is 6.02. The van der Waals surface area contributed by atoms with Crippen molar-refractivity contribution in [2.24, 2.45) is 5.92 Å². The average Bonchev–Trinajstić information content (AvgIpc) is 2.41. The Morgan fingerprint density at radius 3 is 2.89 bits per heavy atom. The highest BCUT2D eigenvalue weighted by Crippen LogP contribution is 2.23. The van der Waals surface area contributed by atoms with Gasteiger partial charge in [-0.3, -0.25) is 4.79 Å². The van der Waals surface area contributed by atoms with Gasteiger partial charge < -0.3 is 10.1 Å². The van der Waals surface area contributed by atoms with Gasteiger partial charge in [0.2, 0.25) is 5.88 Å². The fraction of sp³-hybridized carbons (Fsp3) is 0.615. The summed E-state index contributed by atoms with van der Waals surface area (Å²) < 4.78 is 4.99. The van der Waals surface area contributed by atoms with E-state index in [0.29, 0.717) is 17.5 Å². The van der Waals surface area contributed by atoms with Gasteiger partial charge in [0.25, 0.3) is 5.91 Å². The molecule has 1 saturated carbocycles. The highest BCUT2D eigenvalue weighted by Gasteiger charge is 2.23. The molecule has 1 heterocycles. The van der Waals surface area contributed by atoms with Gasteiger partial charge in [0.15, 0.2) is 0 Å². The summed E-state index contributed by atoms with van der Waals surface area (Å²) in [6, 6.07) is 1.82. The Hall–Kier alpha value is -1.65. The van der Waals surface area contributed by atoms with E-state index in [0.717, 1.165) is 6.42 Å². The first-order chi connectivity index (χ1) is 8.70. The molecule has 1 amide bonds. The van der Waals surface area contributed by atoms with E-state index in [2.05, 4.69) is 22.2 Å². The molecule has 2 unspecified atom stereocenters. The summed E-state index contributed by atoms with van der Waals surface area (Å²) >= 11 is 0. The van der Waals surface area contributed by atoms with Crippen LogP contribution in [0.5, 0.6) is 5.88 Å². The Balaban J connectivity index is 2.02. The van der Waals surface area contributed by atoms with E-state index >= 15 is 0 Å². The van der Waals surface area contributed by atoms with Gasteiger partial charge in [-0.1, -0.05) is 19.8 Å². The molecule has 1 fully saturated rings. The van der Waals surface area contributed by atoms with Gasteiger partial charge in [-0.05, 0) is 18.8 Å². The Kier molecular flexibility index (Phi) is 4.12. The second-order valence-electron chi connectivity index (χ2n) is 4.79. The molecule has 18 heavy (non-hydrogen) atoms. The smallest absolute Gasteiger partial charge is 0.270 e. The Morgan fingerprint density at radius 2 is 2.17 bits per heavy atom. The molecule has 1 aromatic rings. The largest absolute Gasteiger partial charge is 0.481 e. The van der Waals surface area contributed by atoms with Gasteiger partial charge in [0.05, 0.1) is 7.11 Å². The first-order valence-corrected chi connectivity index (χ1v) is 6.37. The summed E-state index contributed by atoms with van der Waals surface area (Å²) in [5.74, 6) is 0.799. The Bertz CT molecular complexity index is 422. The summed E-state index contributed by atoms with van der Waals surface area (Å²) in [7, 11) is 1.52. The third-order valence-corrected chi connectivity index (χ3v) is 3.51. The number of aromatic nitrogens is 2. The number of hydrogen-bond donors (Lipinski definition) is 1. The minimum Gasteiger partial charge on any atom is -0.481 e. The second kappa shape index (κ2) is 5.80. The van der Waals surface area contributed by atoms with Crippen molar-refractivity contribution in [3.05, 3.63) is 18.1 Å². The van der Waals surface area contributed by atoms with Crippen LogP contribution in [0.3, 0.4) is 0 Å². The van der Waals surface area contributed by atoms with E-state index < -0.39 is 0 Å². The first kappa shape index (κ1) is 12.8. The lowest BCUT2D eigenvalue weighted by molar-refractivity contribution is 0.0904. The van der Waals surface area contributed by atoms with E-state index in [4.69, 9.17) is 4.74 Å². The van der Waals surface area contributed by atoms with Crippen molar-refractivity contribution >= 4 is 5.91 Å². The van der Waals surface area contributed by atoms with E-state index in [-0.39, 0.29) is 11.9 Å². The predicted molar refractivity (Wildman–Crippen MR) is 67.5 cm³/mol. The van der Waals surface area contributed by atoms with E-state index in [9.17, 15) is 4.79 Å². The monoisotopic (exact) mass is 249 g/mol. The Labute approximate surface area is 107 Å². The van der Waals surface area contributed by atoms with Gasteiger partial charge in [0, 0.05) is 12.1 Å². The number of rotatable bonds is 3. The number of ether oxygens (including phenoxy) is 1. The molecule has 2 atom stereocenters. The predicted octanol–water partition coefficient (Wildman–Crippen LogP) is 1.79. The standard InChI is InChI=1S/C13H19N3O2/c1-9-5-3-4-6-10(9)16-13(17)11-7-12(18-2)15-8-14-11/h7-10H,3-6H2,1-2H3,(H,16,17). The molecule has 5 heteroatoms. The van der Waals surface area contributed by atoms with Crippen LogP contribution in [0.1, 0.15) is 43.1 Å². The van der Waals surface area contributed by atoms with Crippen LogP contribution in [0.25, 0.3) is 0 Å². The highest BCUT2D eigenvalue weighted by atomic mass is 16.5. The fourth-order valence-corrected chi connectivity index (χ4v) is 2.35. The molecule has 5 nitrogen and oxygen atoms in total. The van der Waals surface area contributed by atoms with Gasteiger partial charge in [0.1, 0.15) is 12.0 Å². The number of nitrogens with one attached hydrogen (secondary N) is 1. The molecule has 1 aromatic heterocycles. The van der Waals surface area contributed by atoms with Crippen LogP contribution in [0, 0.1) is 5.92 Å². The van der Waals surface area contributed by atoms with Crippen LogP contribution in [0.15, 0.2) is 12.4 Å². The Morgan fingerprint density at radius 1 is 1.39 bits per heavy atom. The molecule has 0 bridgehead atoms. The van der Waals surface area contributed by atoms with Crippen molar-refractivity contribution < 1.29 is 9.53 Å². The highest BCUT2D eigenvalue weighted by molar-refractivity contribution is 5.92. The molecular weight excluding hydrogens is 230 g/mol. The number of methoxy groups -OCH3 is 1. The molecule has 1 aliphatic rings. The first-order valence-electron chi connectivity index (χ1n) is 6.37. The summed E-state index contributed by atoms with van der Waals surface area (Å²) in [5.41, 5.74) is 0.361. The van der Waals surface area contributed by atoms with Crippen molar-refractivity contribution in [2.75, 3.05) is 7.11 Å². The van der Waals surface area contributed by atoms with Crippen molar-refractivity contribution in [1.29, 1.82) is 0 Å². The van der Waals surface area contributed by atoms with Crippen molar-refractivity contribution in [1.82, 2.24) is 15.3 Å². The number of nitrogens with zero attached hydrogens (tertiary/aromatic N) is 2. The summed E-state index contributed by atoms with van der Waals surface area (Å²) in [5, 5.41) is 3.05. The van der Waals surface area contributed by atoms with Crippen LogP contribution in [0.4, 0.5) is 0 Å². The van der Waals surface area contributed by atoms with Gasteiger partial charge >= 0.3 is 0 Å². The SMILES string of the molecule is COc1cc(C(=O)NC2CCCCC2C)ncn1. The molecule has 98 valence electrons. The molecule has 0 saturated heterocycles.